The summed E-state index contributed by atoms with van der Waals surface area (Å²) < 4.78 is 1.65. The molecule has 0 aliphatic carbocycles. The topological polar surface area (TPSA) is 64.2 Å². The molecule has 2 bridgehead atoms. The molecule has 0 spiro atoms. The molecule has 1 aromatic heterocycles. The molecule has 2 N–H and O–H groups in total. The zero-order valence-corrected chi connectivity index (χ0v) is 10.0. The molecule has 3 heterocycles. The van der Waals surface area contributed by atoms with Gasteiger partial charge in [-0.1, -0.05) is 0 Å². The van der Waals surface area contributed by atoms with Crippen molar-refractivity contribution in [1.29, 1.82) is 0 Å². The normalized spacial score (nSPS) is 31.9. The van der Waals surface area contributed by atoms with Crippen LogP contribution in [-0.4, -0.2) is 38.7 Å². The quantitative estimate of drug-likeness (QED) is 0.770. The van der Waals surface area contributed by atoms with Gasteiger partial charge >= 0.3 is 0 Å². The number of aromatic nitrogens is 2. The highest BCUT2D eigenvalue weighted by molar-refractivity contribution is 5.93. The minimum Gasteiger partial charge on any atom is -0.331 e. The van der Waals surface area contributed by atoms with E-state index in [1.165, 1.54) is 0 Å². The average Bonchev–Trinajstić information content (AvgIpc) is 2.81. The minimum atomic E-state index is 0.115. The van der Waals surface area contributed by atoms with Gasteiger partial charge in [0.15, 0.2) is 0 Å². The van der Waals surface area contributed by atoms with Crippen molar-refractivity contribution in [3.63, 3.8) is 0 Å². The molecule has 2 unspecified atom stereocenters. The van der Waals surface area contributed by atoms with Gasteiger partial charge in [-0.3, -0.25) is 9.48 Å². The lowest BCUT2D eigenvalue weighted by atomic mass is 9.98. The highest BCUT2D eigenvalue weighted by Crippen LogP contribution is 2.35. The van der Waals surface area contributed by atoms with Crippen molar-refractivity contribution in [3.05, 3.63) is 18.0 Å². The van der Waals surface area contributed by atoms with Crippen LogP contribution in [0.15, 0.2) is 12.3 Å². The molecule has 2 aliphatic heterocycles. The number of nitrogens with two attached hydrogens (primary N) is 1. The number of hydrogen-bond acceptors (Lipinski definition) is 3. The van der Waals surface area contributed by atoms with E-state index >= 15 is 0 Å². The van der Waals surface area contributed by atoms with E-state index in [0.717, 1.165) is 25.7 Å². The van der Waals surface area contributed by atoms with Crippen LogP contribution in [0, 0.1) is 0 Å². The smallest absolute Gasteiger partial charge is 0.272 e. The van der Waals surface area contributed by atoms with Gasteiger partial charge in [0.25, 0.3) is 5.91 Å². The van der Waals surface area contributed by atoms with E-state index < -0.39 is 0 Å². The molecule has 1 amide bonds. The second-order valence-corrected chi connectivity index (χ2v) is 5.17. The highest BCUT2D eigenvalue weighted by atomic mass is 16.2. The summed E-state index contributed by atoms with van der Waals surface area (Å²) in [5, 5.41) is 4.06. The molecular formula is C12H18N4O. The van der Waals surface area contributed by atoms with Crippen LogP contribution >= 0.6 is 0 Å². The average molecular weight is 234 g/mol. The summed E-state index contributed by atoms with van der Waals surface area (Å²) in [5.41, 5.74) is 6.69. The van der Waals surface area contributed by atoms with Crippen molar-refractivity contribution in [2.45, 2.75) is 43.8 Å². The highest BCUT2D eigenvalue weighted by Gasteiger charge is 2.42. The Morgan fingerprint density at radius 1 is 1.41 bits per heavy atom. The number of carbonyl (C=O) groups excluding carboxylic acids is 1. The van der Waals surface area contributed by atoms with Crippen molar-refractivity contribution < 1.29 is 4.79 Å². The lowest BCUT2D eigenvalue weighted by Gasteiger charge is -2.37. The van der Waals surface area contributed by atoms with Crippen molar-refractivity contribution in [2.24, 2.45) is 12.8 Å². The molecule has 3 rings (SSSR count). The standard InChI is InChI=1S/C12H18N4O/c1-15-11(4-5-14-15)12(17)16-9-2-3-10(16)7-8(13)6-9/h4-5,8-10H,2-3,6-7,13H2,1H3. The van der Waals surface area contributed by atoms with Gasteiger partial charge in [0.1, 0.15) is 5.69 Å². The van der Waals surface area contributed by atoms with Gasteiger partial charge in [-0.2, -0.15) is 5.10 Å². The molecule has 5 nitrogen and oxygen atoms in total. The van der Waals surface area contributed by atoms with E-state index in [1.54, 1.807) is 16.9 Å². The molecule has 5 heteroatoms. The number of amides is 1. The van der Waals surface area contributed by atoms with Crippen LogP contribution < -0.4 is 5.73 Å². The second-order valence-electron chi connectivity index (χ2n) is 5.17. The van der Waals surface area contributed by atoms with Gasteiger partial charge in [0.2, 0.25) is 0 Å². The Hall–Kier alpha value is -1.36. The van der Waals surface area contributed by atoms with E-state index in [0.29, 0.717) is 17.8 Å². The molecule has 2 fully saturated rings. The van der Waals surface area contributed by atoms with Crippen LogP contribution in [0.2, 0.25) is 0 Å². The number of rotatable bonds is 1. The molecule has 92 valence electrons. The number of nitrogens with zero attached hydrogens (tertiary/aromatic N) is 3. The predicted octanol–water partition coefficient (Wildman–Crippen LogP) is 0.514. The third-order valence-corrected chi connectivity index (χ3v) is 4.04. The van der Waals surface area contributed by atoms with Crippen LogP contribution in [-0.2, 0) is 7.05 Å². The zero-order valence-electron chi connectivity index (χ0n) is 10.0. The van der Waals surface area contributed by atoms with Gasteiger partial charge < -0.3 is 10.6 Å². The summed E-state index contributed by atoms with van der Waals surface area (Å²) in [6.07, 6.45) is 5.76. The Kier molecular flexibility index (Phi) is 2.43. The van der Waals surface area contributed by atoms with Gasteiger partial charge in [-0.05, 0) is 31.7 Å². The van der Waals surface area contributed by atoms with Gasteiger partial charge in [0.05, 0.1) is 0 Å². The molecule has 0 saturated carbocycles. The maximum atomic E-state index is 12.5. The third kappa shape index (κ3) is 1.65. The van der Waals surface area contributed by atoms with Crippen LogP contribution in [0.1, 0.15) is 36.2 Å². The number of piperidine rings is 1. The predicted molar refractivity (Wildman–Crippen MR) is 63.4 cm³/mol. The lowest BCUT2D eigenvalue weighted by molar-refractivity contribution is 0.0564. The second kappa shape index (κ2) is 3.84. The maximum Gasteiger partial charge on any atom is 0.272 e. The first kappa shape index (κ1) is 10.8. The van der Waals surface area contributed by atoms with Crippen molar-refractivity contribution >= 4 is 5.91 Å². The summed E-state index contributed by atoms with van der Waals surface area (Å²) in [6, 6.07) is 2.73. The molecule has 1 aromatic rings. The molecule has 0 aromatic carbocycles. The van der Waals surface area contributed by atoms with E-state index in [2.05, 4.69) is 5.10 Å². The SMILES string of the molecule is Cn1nccc1C(=O)N1C2CCC1CC(N)C2. The van der Waals surface area contributed by atoms with Crippen LogP contribution in [0.3, 0.4) is 0 Å². The Balaban J connectivity index is 1.86. The van der Waals surface area contributed by atoms with Crippen LogP contribution in [0.25, 0.3) is 0 Å². The number of fused-ring (bicyclic) bond motifs is 2. The fraction of sp³-hybridized carbons (Fsp3) is 0.667. The Bertz CT molecular complexity index is 427. The Morgan fingerprint density at radius 2 is 2.06 bits per heavy atom. The van der Waals surface area contributed by atoms with Gasteiger partial charge in [0, 0.05) is 31.4 Å². The summed E-state index contributed by atoms with van der Waals surface area (Å²) in [7, 11) is 1.81. The lowest BCUT2D eigenvalue weighted by Crippen LogP contribution is -2.50. The summed E-state index contributed by atoms with van der Waals surface area (Å²) in [5.74, 6) is 0.115. The molecule has 0 radical (unpaired) electrons. The molecule has 2 aliphatic rings. The van der Waals surface area contributed by atoms with Gasteiger partial charge in [-0.15, -0.1) is 0 Å². The van der Waals surface area contributed by atoms with Crippen molar-refractivity contribution in [2.75, 3.05) is 0 Å². The van der Waals surface area contributed by atoms with E-state index in [1.807, 2.05) is 11.9 Å². The van der Waals surface area contributed by atoms with Crippen LogP contribution in [0.4, 0.5) is 0 Å². The molecular weight excluding hydrogens is 216 g/mol. The van der Waals surface area contributed by atoms with E-state index in [4.69, 9.17) is 5.73 Å². The molecule has 17 heavy (non-hydrogen) atoms. The fourth-order valence-electron chi connectivity index (χ4n) is 3.27. The number of aryl methyl sites for hydroxylation is 1. The largest absolute Gasteiger partial charge is 0.331 e. The first-order chi connectivity index (χ1) is 8.16. The summed E-state index contributed by atoms with van der Waals surface area (Å²) in [6.45, 7) is 0. The van der Waals surface area contributed by atoms with E-state index in [9.17, 15) is 4.79 Å². The number of hydrogen-bond donors (Lipinski definition) is 1. The zero-order chi connectivity index (χ0) is 12.0. The molecule has 2 atom stereocenters. The minimum absolute atomic E-state index is 0.115. The first-order valence-electron chi connectivity index (χ1n) is 6.23. The van der Waals surface area contributed by atoms with E-state index in [-0.39, 0.29) is 11.9 Å². The fourth-order valence-corrected chi connectivity index (χ4v) is 3.27. The third-order valence-electron chi connectivity index (χ3n) is 4.04. The molecule has 2 saturated heterocycles. The maximum absolute atomic E-state index is 12.5. The van der Waals surface area contributed by atoms with Crippen molar-refractivity contribution in [3.8, 4) is 0 Å². The monoisotopic (exact) mass is 234 g/mol. The van der Waals surface area contributed by atoms with Crippen LogP contribution in [0.5, 0.6) is 0 Å². The first-order valence-corrected chi connectivity index (χ1v) is 6.23. The summed E-state index contributed by atoms with van der Waals surface area (Å²) >= 11 is 0. The summed E-state index contributed by atoms with van der Waals surface area (Å²) in [4.78, 5) is 14.5. The van der Waals surface area contributed by atoms with Crippen molar-refractivity contribution in [1.82, 2.24) is 14.7 Å². The number of carbonyl (C=O) groups is 1. The van der Waals surface area contributed by atoms with Gasteiger partial charge in [-0.25, -0.2) is 0 Å². The Morgan fingerprint density at radius 3 is 2.59 bits per heavy atom. The Labute approximate surface area is 101 Å².